The number of fused-ring (bicyclic) bond motifs is 5. The summed E-state index contributed by atoms with van der Waals surface area (Å²) in [5.74, 6) is 0.840. The first-order chi connectivity index (χ1) is 20.3. The van der Waals surface area contributed by atoms with E-state index in [1.807, 2.05) is 6.92 Å². The van der Waals surface area contributed by atoms with E-state index in [2.05, 4.69) is 32.9 Å². The summed E-state index contributed by atoms with van der Waals surface area (Å²) in [5, 5.41) is 0. The average molecular weight is 617 g/mol. The molecule has 0 heterocycles. The molecular weight excluding hydrogens is 572 g/mol. The second kappa shape index (κ2) is 11.9. The smallest absolute Gasteiger partial charge is 0.438 e. The van der Waals surface area contributed by atoms with Crippen LogP contribution in [0.4, 0.5) is 9.59 Å². The van der Waals surface area contributed by atoms with Crippen molar-refractivity contribution in [2.24, 2.45) is 34.5 Å². The van der Waals surface area contributed by atoms with Gasteiger partial charge in [-0.3, -0.25) is 4.18 Å². The molecule has 0 spiro atoms. The third-order valence-electron chi connectivity index (χ3n) is 11.0. The van der Waals surface area contributed by atoms with Crippen molar-refractivity contribution in [2.75, 3.05) is 20.8 Å². The van der Waals surface area contributed by atoms with Crippen LogP contribution in [0.5, 0.6) is 0 Å². The van der Waals surface area contributed by atoms with E-state index in [1.54, 1.807) is 24.3 Å². The average Bonchev–Trinajstić information content (AvgIpc) is 3.34. The van der Waals surface area contributed by atoms with Crippen LogP contribution < -0.4 is 0 Å². The van der Waals surface area contributed by atoms with Crippen LogP contribution in [-0.2, 0) is 33.2 Å². The van der Waals surface area contributed by atoms with Crippen LogP contribution in [0, 0.1) is 41.4 Å². The van der Waals surface area contributed by atoms with Crippen molar-refractivity contribution in [1.29, 1.82) is 0 Å². The number of allylic oxidation sites excluding steroid dienone is 3. The Morgan fingerprint density at radius 1 is 0.953 bits per heavy atom. The zero-order chi connectivity index (χ0) is 31.2. The van der Waals surface area contributed by atoms with E-state index in [0.29, 0.717) is 24.7 Å². The molecule has 0 N–H and O–H groups in total. The van der Waals surface area contributed by atoms with Gasteiger partial charge in [0.2, 0.25) is 0 Å². The van der Waals surface area contributed by atoms with E-state index in [9.17, 15) is 18.0 Å². The van der Waals surface area contributed by atoms with E-state index in [-0.39, 0.29) is 28.8 Å². The summed E-state index contributed by atoms with van der Waals surface area (Å²) in [6, 6.07) is 6.73. The van der Waals surface area contributed by atoms with Crippen LogP contribution in [-0.4, -0.2) is 53.8 Å². The van der Waals surface area contributed by atoms with Crippen molar-refractivity contribution in [3.63, 3.8) is 0 Å². The van der Waals surface area contributed by atoms with Gasteiger partial charge in [0.15, 0.2) is 0 Å². The fourth-order valence-electron chi connectivity index (χ4n) is 8.68. The largest absolute Gasteiger partial charge is 0.508 e. The van der Waals surface area contributed by atoms with Crippen LogP contribution in [0.25, 0.3) is 0 Å². The number of aryl methyl sites for hydroxylation is 1. The third kappa shape index (κ3) is 5.72. The first-order valence-corrected chi connectivity index (χ1v) is 16.6. The van der Waals surface area contributed by atoms with E-state index >= 15 is 0 Å². The Balaban J connectivity index is 1.36. The molecule has 0 aliphatic heterocycles. The van der Waals surface area contributed by atoms with Crippen molar-refractivity contribution >= 4 is 22.4 Å². The van der Waals surface area contributed by atoms with Gasteiger partial charge >= 0.3 is 12.3 Å². The maximum Gasteiger partial charge on any atom is 0.508 e. The van der Waals surface area contributed by atoms with Gasteiger partial charge < -0.3 is 18.9 Å². The van der Waals surface area contributed by atoms with Gasteiger partial charge in [-0.1, -0.05) is 61.8 Å². The maximum atomic E-state index is 12.9. The molecule has 3 unspecified atom stereocenters. The number of benzene rings is 1. The Morgan fingerprint density at radius 2 is 1.63 bits per heavy atom. The summed E-state index contributed by atoms with van der Waals surface area (Å²) in [5.41, 5.74) is 2.98. The molecule has 1 aromatic carbocycles. The van der Waals surface area contributed by atoms with E-state index in [4.69, 9.17) is 23.1 Å². The monoisotopic (exact) mass is 616 g/mol. The summed E-state index contributed by atoms with van der Waals surface area (Å²) < 4.78 is 52.4. The molecule has 43 heavy (non-hydrogen) atoms. The van der Waals surface area contributed by atoms with E-state index < -0.39 is 40.1 Å². The highest BCUT2D eigenvalue weighted by Gasteiger charge is 2.60. The second-order valence-electron chi connectivity index (χ2n) is 13.2. The van der Waals surface area contributed by atoms with Gasteiger partial charge in [-0.15, -0.1) is 0 Å². The lowest BCUT2D eigenvalue weighted by atomic mass is 9.49. The summed E-state index contributed by atoms with van der Waals surface area (Å²) in [7, 11) is -1.27. The molecule has 0 saturated heterocycles. The van der Waals surface area contributed by atoms with E-state index in [0.717, 1.165) is 36.8 Å². The molecule has 8 atom stereocenters. The molecule has 4 aliphatic rings. The van der Waals surface area contributed by atoms with Gasteiger partial charge in [-0.05, 0) is 73.8 Å². The Bertz CT molecular complexity index is 1400. The van der Waals surface area contributed by atoms with Crippen molar-refractivity contribution in [1.82, 2.24) is 0 Å². The van der Waals surface area contributed by atoms with Crippen LogP contribution >= 0.6 is 0 Å². The van der Waals surface area contributed by atoms with Gasteiger partial charge in [0.05, 0.1) is 25.7 Å². The fraction of sp³-hybridized carbons (Fsp3) is 0.636. The van der Waals surface area contributed by atoms with Crippen molar-refractivity contribution in [3.05, 3.63) is 53.1 Å². The number of hydrogen-bond donors (Lipinski definition) is 0. The van der Waals surface area contributed by atoms with Crippen LogP contribution in [0.2, 0.25) is 0 Å². The van der Waals surface area contributed by atoms with Gasteiger partial charge in [-0.25, -0.2) is 9.59 Å². The predicted octanol–water partition coefficient (Wildman–Crippen LogP) is 6.75. The highest BCUT2D eigenvalue weighted by atomic mass is 32.2. The molecular formula is C33H44O9S. The summed E-state index contributed by atoms with van der Waals surface area (Å²) in [4.78, 5) is 24.5. The lowest BCUT2D eigenvalue weighted by Crippen LogP contribution is -2.54. The molecule has 3 fully saturated rings. The van der Waals surface area contributed by atoms with Crippen molar-refractivity contribution in [2.45, 2.75) is 83.3 Å². The number of carbonyl (C=O) groups excluding carboxylic acids is 2. The zero-order valence-corrected chi connectivity index (χ0v) is 26.8. The molecule has 1 aromatic rings. The molecule has 0 bridgehead atoms. The number of methoxy groups -OCH3 is 2. The second-order valence-corrected chi connectivity index (χ2v) is 14.8. The van der Waals surface area contributed by atoms with Gasteiger partial charge in [-0.2, -0.15) is 8.42 Å². The number of hydrogen-bond acceptors (Lipinski definition) is 9. The molecule has 236 valence electrons. The lowest BCUT2D eigenvalue weighted by molar-refractivity contribution is -0.0832. The van der Waals surface area contributed by atoms with Crippen molar-refractivity contribution < 1.29 is 41.1 Å². The Morgan fingerprint density at radius 3 is 2.30 bits per heavy atom. The van der Waals surface area contributed by atoms with Crippen LogP contribution in [0.1, 0.15) is 64.9 Å². The maximum absolute atomic E-state index is 12.9. The molecule has 9 nitrogen and oxygen atoms in total. The lowest BCUT2D eigenvalue weighted by Gasteiger charge is -2.57. The Hall–Kier alpha value is -2.85. The molecule has 0 radical (unpaired) electrons. The summed E-state index contributed by atoms with van der Waals surface area (Å²) >= 11 is 0. The Labute approximate surface area is 255 Å². The van der Waals surface area contributed by atoms with Crippen LogP contribution in [0.15, 0.2) is 52.5 Å². The Kier molecular flexibility index (Phi) is 8.75. The van der Waals surface area contributed by atoms with Gasteiger partial charge in [0, 0.05) is 18.3 Å². The minimum atomic E-state index is -3.83. The predicted molar refractivity (Wildman–Crippen MR) is 159 cm³/mol. The summed E-state index contributed by atoms with van der Waals surface area (Å²) in [6.07, 6.45) is 6.62. The topological polar surface area (TPSA) is 114 Å². The molecule has 10 heteroatoms. The standard InChI is InChI=1S/C33H44O9S/c1-20-7-10-24(11-8-20)43(36,37)40-19-21(2)26-13-14-27-25-12-9-22-17-23(41-30(34)38-5)18-29(42-31(35)39-6)33(22,4)28(25)15-16-32(26,27)3/h7-12,21,23,26-29H,13-19H2,1-6H3/t21?,23?,26-,27+,28+,29?,32-,33+/m1/s1. The van der Waals surface area contributed by atoms with E-state index in [1.165, 1.54) is 19.8 Å². The normalized spacial score (nSPS) is 34.0. The number of rotatable bonds is 7. The van der Waals surface area contributed by atoms with Gasteiger partial charge in [0.1, 0.15) is 12.2 Å². The molecule has 0 aromatic heterocycles. The SMILES string of the molecule is COC(=O)OC1CC2=CC=C3[C@@H]4CC[C@H](C(C)COS(=O)(=O)c5ccc(C)cc5)[C@@]4(C)CC[C@@H]3[C@@]2(C)C(OC(=O)OC)C1. The first-order valence-electron chi connectivity index (χ1n) is 15.2. The highest BCUT2D eigenvalue weighted by molar-refractivity contribution is 7.86. The number of carbonyl (C=O) groups is 2. The van der Waals surface area contributed by atoms with Crippen LogP contribution in [0.3, 0.4) is 0 Å². The minimum Gasteiger partial charge on any atom is -0.438 e. The van der Waals surface area contributed by atoms with Gasteiger partial charge in [0.25, 0.3) is 10.1 Å². The third-order valence-corrected chi connectivity index (χ3v) is 12.3. The molecule has 5 rings (SSSR count). The highest BCUT2D eigenvalue weighted by Crippen LogP contribution is 2.66. The fourth-order valence-corrected chi connectivity index (χ4v) is 9.67. The molecule has 3 saturated carbocycles. The zero-order valence-electron chi connectivity index (χ0n) is 26.0. The number of ether oxygens (including phenoxy) is 4. The minimum absolute atomic E-state index is 0.00959. The molecule has 4 aliphatic carbocycles. The quantitative estimate of drug-likeness (QED) is 0.242. The van der Waals surface area contributed by atoms with Crippen molar-refractivity contribution in [3.8, 4) is 0 Å². The molecule has 0 amide bonds. The summed E-state index contributed by atoms with van der Waals surface area (Å²) in [6.45, 7) is 8.68. The first kappa shape index (κ1) is 31.6.